The van der Waals surface area contributed by atoms with Crippen LogP contribution in [0.1, 0.15) is 58.6 Å². The number of nitriles is 1. The Morgan fingerprint density at radius 1 is 1.23 bits per heavy atom. The summed E-state index contributed by atoms with van der Waals surface area (Å²) in [6, 6.07) is 7.96. The first-order valence-corrected chi connectivity index (χ1v) is 14.3. The van der Waals surface area contributed by atoms with E-state index in [1.54, 1.807) is 25.7 Å². The summed E-state index contributed by atoms with van der Waals surface area (Å²) < 4.78 is 10.1. The second-order valence-corrected chi connectivity index (χ2v) is 12.8. The van der Waals surface area contributed by atoms with Crippen LogP contribution in [0.3, 0.4) is 0 Å². The monoisotopic (exact) mass is 572 g/mol. The van der Waals surface area contributed by atoms with E-state index in [4.69, 9.17) is 10.6 Å². The van der Waals surface area contributed by atoms with Crippen molar-refractivity contribution in [2.24, 2.45) is 11.8 Å². The molecular weight excluding hydrogens is 536 g/mol. The molecule has 3 saturated heterocycles. The highest BCUT2D eigenvalue weighted by atomic mass is 32.2. The summed E-state index contributed by atoms with van der Waals surface area (Å²) >= 11 is 0.992. The third kappa shape index (κ3) is 5.77. The van der Waals surface area contributed by atoms with Gasteiger partial charge in [-0.3, -0.25) is 14.5 Å². The second-order valence-electron chi connectivity index (χ2n) is 12.0. The third-order valence-corrected chi connectivity index (χ3v) is 8.79. The minimum atomic E-state index is -0.923. The number of fused-ring (bicyclic) bond motifs is 3. The van der Waals surface area contributed by atoms with Gasteiger partial charge in [0.05, 0.1) is 30.2 Å². The first kappa shape index (κ1) is 28.6. The highest BCUT2D eigenvalue weighted by Crippen LogP contribution is 2.48. The third-order valence-electron chi connectivity index (χ3n) is 8.18. The largest absolute Gasteiger partial charge is 0.444 e. The molecule has 1 aromatic rings. The lowest BCUT2D eigenvalue weighted by molar-refractivity contribution is -0.195. The number of piperidine rings is 1. The van der Waals surface area contributed by atoms with Crippen LogP contribution < -0.4 is 11.2 Å². The average molecular weight is 573 g/mol. The predicted octanol–water partition coefficient (Wildman–Crippen LogP) is 2.27. The SMILES string of the molecule is C[C@H](c1ccc(SOON)cc1)N1C(=O)[C@@H]2C[C@H]1CN2C[C@H](NC(=O)OC(C)(C)C)C(=O)N1[C@H](C#N)C[C@@H]2C[C@@H]21. The molecular formula is C27H36N6O6S. The Hall–Kier alpha value is -2.89. The van der Waals surface area contributed by atoms with Crippen LogP contribution in [-0.4, -0.2) is 81.5 Å². The Labute approximate surface area is 238 Å². The molecule has 0 radical (unpaired) electrons. The van der Waals surface area contributed by atoms with E-state index in [1.165, 1.54) is 0 Å². The van der Waals surface area contributed by atoms with Gasteiger partial charge in [-0.1, -0.05) is 12.1 Å². The van der Waals surface area contributed by atoms with Gasteiger partial charge in [0.15, 0.2) is 0 Å². The number of carbonyl (C=O) groups is 3. The maximum atomic E-state index is 13.7. The van der Waals surface area contributed by atoms with Gasteiger partial charge in [-0.25, -0.2) is 4.79 Å². The van der Waals surface area contributed by atoms with Crippen LogP contribution in [0.4, 0.5) is 4.79 Å². The van der Waals surface area contributed by atoms with Crippen LogP contribution in [0.15, 0.2) is 29.2 Å². The molecule has 13 heteroatoms. The summed E-state index contributed by atoms with van der Waals surface area (Å²) in [5, 5.41) is 12.4. The Morgan fingerprint density at radius 3 is 2.58 bits per heavy atom. The van der Waals surface area contributed by atoms with E-state index in [0.29, 0.717) is 25.3 Å². The van der Waals surface area contributed by atoms with Crippen molar-refractivity contribution in [3.05, 3.63) is 29.8 Å². The van der Waals surface area contributed by atoms with Gasteiger partial charge in [-0.2, -0.15) is 11.2 Å². The van der Waals surface area contributed by atoms with Gasteiger partial charge in [0, 0.05) is 30.1 Å². The number of carbonyl (C=O) groups excluding carboxylic acids is 3. The van der Waals surface area contributed by atoms with Crippen molar-refractivity contribution in [2.75, 3.05) is 13.1 Å². The summed E-state index contributed by atoms with van der Waals surface area (Å²) in [6.07, 6.45) is 1.51. The van der Waals surface area contributed by atoms with Gasteiger partial charge in [0.25, 0.3) is 0 Å². The molecule has 0 aromatic heterocycles. The minimum Gasteiger partial charge on any atom is -0.444 e. The maximum Gasteiger partial charge on any atom is 0.408 e. The molecule has 1 aliphatic carbocycles. The molecule has 12 nitrogen and oxygen atoms in total. The van der Waals surface area contributed by atoms with Crippen molar-refractivity contribution < 1.29 is 28.4 Å². The van der Waals surface area contributed by atoms with E-state index in [2.05, 4.69) is 20.7 Å². The number of benzene rings is 1. The molecule has 4 fully saturated rings. The molecule has 2 bridgehead atoms. The van der Waals surface area contributed by atoms with Crippen LogP contribution in [0.25, 0.3) is 0 Å². The van der Waals surface area contributed by atoms with Gasteiger partial charge in [-0.15, -0.1) is 9.32 Å². The van der Waals surface area contributed by atoms with Gasteiger partial charge < -0.3 is 19.9 Å². The van der Waals surface area contributed by atoms with Crippen LogP contribution in [0.5, 0.6) is 0 Å². The number of amides is 3. The van der Waals surface area contributed by atoms with Crippen molar-refractivity contribution in [1.82, 2.24) is 20.0 Å². The van der Waals surface area contributed by atoms with Crippen molar-refractivity contribution in [3.8, 4) is 6.07 Å². The van der Waals surface area contributed by atoms with E-state index >= 15 is 0 Å². The Morgan fingerprint density at radius 2 is 1.95 bits per heavy atom. The molecule has 3 heterocycles. The lowest BCUT2D eigenvalue weighted by Gasteiger charge is -2.39. The second kappa shape index (κ2) is 11.2. The number of rotatable bonds is 9. The average Bonchev–Trinajstić information content (AvgIpc) is 3.22. The van der Waals surface area contributed by atoms with Crippen molar-refractivity contribution in [1.29, 1.82) is 5.26 Å². The number of hydrogen-bond acceptors (Lipinski definition) is 10. The Bertz CT molecular complexity index is 1190. The van der Waals surface area contributed by atoms with Crippen LogP contribution in [-0.2, 0) is 23.6 Å². The highest BCUT2D eigenvalue weighted by Gasteiger charge is 2.56. The Kier molecular flexibility index (Phi) is 8.00. The van der Waals surface area contributed by atoms with Crippen LogP contribution in [0, 0.1) is 17.2 Å². The normalized spacial score (nSPS) is 28.7. The van der Waals surface area contributed by atoms with Crippen molar-refractivity contribution in [2.45, 2.75) is 93.7 Å². The zero-order valence-corrected chi connectivity index (χ0v) is 23.9. The van der Waals surface area contributed by atoms with Gasteiger partial charge >= 0.3 is 6.09 Å². The number of hydrogen-bond donors (Lipinski definition) is 2. The van der Waals surface area contributed by atoms with E-state index in [1.807, 2.05) is 41.0 Å². The lowest BCUT2D eigenvalue weighted by Crippen LogP contribution is -2.59. The number of ether oxygens (including phenoxy) is 1. The first-order chi connectivity index (χ1) is 19.0. The fourth-order valence-electron chi connectivity index (χ4n) is 6.36. The summed E-state index contributed by atoms with van der Waals surface area (Å²) in [5.74, 6) is 4.96. The summed E-state index contributed by atoms with van der Waals surface area (Å²) in [5.41, 5.74) is 0.254. The minimum absolute atomic E-state index is 0.00358. The number of nitrogens with one attached hydrogen (secondary N) is 1. The van der Waals surface area contributed by atoms with Crippen LogP contribution in [0.2, 0.25) is 0 Å². The van der Waals surface area contributed by atoms with E-state index in [9.17, 15) is 19.6 Å². The zero-order chi connectivity index (χ0) is 28.8. The van der Waals surface area contributed by atoms with Crippen molar-refractivity contribution >= 4 is 30.0 Å². The maximum absolute atomic E-state index is 13.7. The van der Waals surface area contributed by atoms with Gasteiger partial charge in [-0.05, 0) is 70.6 Å². The molecule has 3 N–H and O–H groups in total. The number of alkyl carbamates (subject to hydrolysis) is 1. The topological polar surface area (TPSA) is 150 Å². The molecule has 40 heavy (non-hydrogen) atoms. The summed E-state index contributed by atoms with van der Waals surface area (Å²) in [6.45, 7) is 8.04. The molecule has 3 aliphatic heterocycles. The van der Waals surface area contributed by atoms with Crippen molar-refractivity contribution in [3.63, 3.8) is 0 Å². The van der Waals surface area contributed by atoms with E-state index in [0.717, 1.165) is 28.9 Å². The molecule has 7 atom stereocenters. The highest BCUT2D eigenvalue weighted by molar-refractivity contribution is 7.94. The molecule has 1 saturated carbocycles. The molecule has 1 aromatic carbocycles. The fraction of sp³-hybridized carbons (Fsp3) is 0.630. The van der Waals surface area contributed by atoms with Crippen LogP contribution >= 0.6 is 12.0 Å². The summed E-state index contributed by atoms with van der Waals surface area (Å²) in [4.78, 5) is 50.5. The first-order valence-electron chi connectivity index (χ1n) is 13.6. The zero-order valence-electron chi connectivity index (χ0n) is 23.1. The number of nitrogens with zero attached hydrogens (tertiary/aromatic N) is 4. The molecule has 216 valence electrons. The summed E-state index contributed by atoms with van der Waals surface area (Å²) in [7, 11) is 0. The van der Waals surface area contributed by atoms with E-state index < -0.39 is 23.8 Å². The molecule has 0 spiro atoms. The molecule has 3 amide bonds. The quantitative estimate of drug-likeness (QED) is 0.256. The van der Waals surface area contributed by atoms with Gasteiger partial charge in [0.1, 0.15) is 17.7 Å². The molecule has 0 unspecified atom stereocenters. The number of nitrogens with two attached hydrogens (primary N) is 1. The Balaban J connectivity index is 1.27. The number of piperazine rings is 1. The smallest absolute Gasteiger partial charge is 0.408 e. The number of likely N-dealkylation sites (tertiary alicyclic amines) is 3. The van der Waals surface area contributed by atoms with E-state index in [-0.39, 0.29) is 42.5 Å². The fourth-order valence-corrected chi connectivity index (χ4v) is 6.72. The van der Waals surface area contributed by atoms with Gasteiger partial charge in [0.2, 0.25) is 11.8 Å². The molecule has 4 aliphatic rings. The molecule has 5 rings (SSSR count). The predicted molar refractivity (Wildman–Crippen MR) is 144 cm³/mol. The standard InChI is InChI=1S/C27H36N6O6S/c1-15(16-5-7-20(8-6-16)40-39-38-29)32-19-11-23(25(32)35)31(13-19)14-21(30-26(36)37-27(2,3)4)24(34)33-18(12-28)9-17-10-22(17)33/h5-8,15,17-19,21-23H,9-11,13-14,29H2,1-4H3,(H,30,36)/t15-,17-,18+,19+,21+,22+,23+/m1/s1. The lowest BCUT2D eigenvalue weighted by atomic mass is 10.1.